The molecule has 2 atom stereocenters. The largest absolute Gasteiger partial charge is 0.459 e. The molecular weight excluding hydrogens is 448 g/mol. The predicted molar refractivity (Wildman–Crippen MR) is 127 cm³/mol. The third-order valence-corrected chi connectivity index (χ3v) is 6.90. The van der Waals surface area contributed by atoms with Crippen molar-refractivity contribution in [2.45, 2.75) is 25.4 Å². The van der Waals surface area contributed by atoms with Crippen molar-refractivity contribution >= 4 is 34.5 Å². The Hall–Kier alpha value is -4.14. The smallest absolute Gasteiger partial charge is 0.326 e. The molecule has 2 aromatic carbocycles. The number of nitrogens with zero attached hydrogens (tertiary/aromatic N) is 3. The third kappa shape index (κ3) is 3.82. The quantitative estimate of drug-likeness (QED) is 0.586. The number of furan rings is 1. The Morgan fingerprint density at radius 2 is 1.63 bits per heavy atom. The molecule has 2 fully saturated rings. The molecule has 0 spiro atoms. The first-order valence-corrected chi connectivity index (χ1v) is 11.6. The number of amides is 5. The van der Waals surface area contributed by atoms with Gasteiger partial charge in [-0.1, -0.05) is 36.4 Å². The molecule has 2 saturated heterocycles. The molecule has 0 aliphatic carbocycles. The summed E-state index contributed by atoms with van der Waals surface area (Å²) in [6, 6.07) is 15.1. The fraction of sp³-hybridized carbons (Fsp3) is 0.308. The van der Waals surface area contributed by atoms with E-state index >= 15 is 0 Å². The molecule has 0 saturated carbocycles. The van der Waals surface area contributed by atoms with E-state index in [9.17, 15) is 19.2 Å². The maximum absolute atomic E-state index is 13.5. The zero-order chi connectivity index (χ0) is 24.7. The molecule has 0 radical (unpaired) electrons. The highest BCUT2D eigenvalue weighted by Crippen LogP contribution is 2.32. The van der Waals surface area contributed by atoms with Gasteiger partial charge < -0.3 is 19.5 Å². The Labute approximate surface area is 202 Å². The van der Waals surface area contributed by atoms with E-state index in [-0.39, 0.29) is 17.6 Å². The van der Waals surface area contributed by atoms with Gasteiger partial charge in [0.15, 0.2) is 5.76 Å². The number of urea groups is 1. The number of nitrogens with one attached hydrogen (secondary N) is 1. The van der Waals surface area contributed by atoms with Crippen LogP contribution in [0.3, 0.4) is 0 Å². The van der Waals surface area contributed by atoms with E-state index in [1.165, 1.54) is 6.26 Å². The van der Waals surface area contributed by atoms with Gasteiger partial charge in [-0.05, 0) is 48.4 Å². The van der Waals surface area contributed by atoms with Crippen LogP contribution in [0, 0.1) is 0 Å². The van der Waals surface area contributed by atoms with Crippen LogP contribution in [0.25, 0.3) is 10.8 Å². The van der Waals surface area contributed by atoms with Crippen LogP contribution in [-0.2, 0) is 15.1 Å². The van der Waals surface area contributed by atoms with Crippen molar-refractivity contribution in [3.05, 3.63) is 72.2 Å². The number of benzene rings is 2. The summed E-state index contributed by atoms with van der Waals surface area (Å²) in [5.74, 6) is -0.771. The molecule has 5 amide bonds. The average molecular weight is 475 g/mol. The molecular formula is C26H26N4O5. The van der Waals surface area contributed by atoms with Crippen molar-refractivity contribution in [3.8, 4) is 0 Å². The second-order valence-corrected chi connectivity index (χ2v) is 9.06. The molecule has 9 nitrogen and oxygen atoms in total. The van der Waals surface area contributed by atoms with Gasteiger partial charge in [-0.25, -0.2) is 9.69 Å². The summed E-state index contributed by atoms with van der Waals surface area (Å²) in [4.78, 5) is 56.3. The average Bonchev–Trinajstić information content (AvgIpc) is 3.49. The molecule has 1 aromatic heterocycles. The van der Waals surface area contributed by atoms with Crippen LogP contribution < -0.4 is 5.32 Å². The minimum absolute atomic E-state index is 0.226. The van der Waals surface area contributed by atoms with Gasteiger partial charge in [-0.15, -0.1) is 0 Å². The molecule has 2 aliphatic rings. The first-order chi connectivity index (χ1) is 16.8. The van der Waals surface area contributed by atoms with Crippen molar-refractivity contribution in [1.29, 1.82) is 0 Å². The van der Waals surface area contributed by atoms with E-state index in [4.69, 9.17) is 4.42 Å². The van der Waals surface area contributed by atoms with E-state index in [0.717, 1.165) is 15.7 Å². The Kier molecular flexibility index (Phi) is 5.55. The summed E-state index contributed by atoms with van der Waals surface area (Å²) < 4.78 is 5.17. The van der Waals surface area contributed by atoms with Crippen molar-refractivity contribution in [1.82, 2.24) is 20.0 Å². The van der Waals surface area contributed by atoms with E-state index in [1.54, 1.807) is 35.8 Å². The molecule has 5 rings (SSSR count). The second kappa shape index (κ2) is 8.57. The lowest BCUT2D eigenvalue weighted by Gasteiger charge is -2.36. The van der Waals surface area contributed by atoms with E-state index in [1.807, 2.05) is 42.5 Å². The highest BCUT2D eigenvalue weighted by Gasteiger charge is 2.52. The monoisotopic (exact) mass is 474 g/mol. The number of piperazine rings is 1. The number of fused-ring (bicyclic) bond motifs is 1. The molecule has 0 bridgehead atoms. The summed E-state index contributed by atoms with van der Waals surface area (Å²) in [5.41, 5.74) is -0.620. The van der Waals surface area contributed by atoms with Crippen LogP contribution in [-0.4, -0.2) is 70.7 Å². The Balaban J connectivity index is 1.29. The maximum atomic E-state index is 13.5. The summed E-state index contributed by atoms with van der Waals surface area (Å²) in [7, 11) is 0. The maximum Gasteiger partial charge on any atom is 0.326 e. The number of rotatable bonds is 4. The molecule has 180 valence electrons. The van der Waals surface area contributed by atoms with Gasteiger partial charge in [0.05, 0.1) is 6.26 Å². The molecule has 9 heteroatoms. The highest BCUT2D eigenvalue weighted by molar-refractivity contribution is 6.10. The normalized spacial score (nSPS) is 21.4. The van der Waals surface area contributed by atoms with Crippen LogP contribution >= 0.6 is 0 Å². The van der Waals surface area contributed by atoms with Gasteiger partial charge in [0.25, 0.3) is 11.8 Å². The van der Waals surface area contributed by atoms with Gasteiger partial charge in [0.2, 0.25) is 5.91 Å². The standard InChI is InChI=1S/C26H26N4O5/c1-17(22(31)28-11-13-29(14-12-28)23(32)21-8-5-15-35-21)30-24(33)26(2,27-25(30)34)20-10-9-18-6-3-4-7-19(18)16-20/h3-10,15-17H,11-14H2,1-2H3,(H,27,34)/t17-,26-/m1/s1. The SMILES string of the molecule is C[C@H](C(=O)N1CCN(C(=O)c2ccco2)CC1)N1C(=O)N[C@](C)(c2ccc3ccccc3c2)C1=O. The van der Waals surface area contributed by atoms with Crippen molar-refractivity contribution < 1.29 is 23.6 Å². The summed E-state index contributed by atoms with van der Waals surface area (Å²) in [6.07, 6.45) is 1.44. The summed E-state index contributed by atoms with van der Waals surface area (Å²) in [6.45, 7) is 4.52. The Morgan fingerprint density at radius 3 is 2.31 bits per heavy atom. The lowest BCUT2D eigenvalue weighted by atomic mass is 9.90. The fourth-order valence-corrected chi connectivity index (χ4v) is 4.77. The zero-order valence-electron chi connectivity index (χ0n) is 19.6. The van der Waals surface area contributed by atoms with Gasteiger partial charge in [0, 0.05) is 26.2 Å². The lowest BCUT2D eigenvalue weighted by Crippen LogP contribution is -2.56. The van der Waals surface area contributed by atoms with Crippen molar-refractivity contribution in [2.24, 2.45) is 0 Å². The van der Waals surface area contributed by atoms with E-state index < -0.39 is 23.5 Å². The Bertz CT molecular complexity index is 1310. The number of carbonyl (C=O) groups excluding carboxylic acids is 4. The van der Waals surface area contributed by atoms with Crippen LogP contribution in [0.15, 0.2) is 65.3 Å². The first kappa shape index (κ1) is 22.6. The number of imide groups is 1. The minimum Gasteiger partial charge on any atom is -0.459 e. The zero-order valence-corrected chi connectivity index (χ0v) is 19.6. The summed E-state index contributed by atoms with van der Waals surface area (Å²) in [5, 5.41) is 4.78. The van der Waals surface area contributed by atoms with Crippen molar-refractivity contribution in [3.63, 3.8) is 0 Å². The van der Waals surface area contributed by atoms with Crippen LogP contribution in [0.5, 0.6) is 0 Å². The predicted octanol–water partition coefficient (Wildman–Crippen LogP) is 2.57. The molecule has 3 aromatic rings. The van der Waals surface area contributed by atoms with Crippen LogP contribution in [0.1, 0.15) is 30.0 Å². The molecule has 35 heavy (non-hydrogen) atoms. The molecule has 1 N–H and O–H groups in total. The molecule has 2 aliphatic heterocycles. The van der Waals surface area contributed by atoms with Gasteiger partial charge in [-0.2, -0.15) is 0 Å². The van der Waals surface area contributed by atoms with Gasteiger partial charge in [0.1, 0.15) is 11.6 Å². The number of hydrogen-bond donors (Lipinski definition) is 1. The topological polar surface area (TPSA) is 103 Å². The molecule has 0 unspecified atom stereocenters. The fourth-order valence-electron chi connectivity index (χ4n) is 4.77. The second-order valence-electron chi connectivity index (χ2n) is 9.06. The Morgan fingerprint density at radius 1 is 0.943 bits per heavy atom. The van der Waals surface area contributed by atoms with E-state index in [0.29, 0.717) is 31.7 Å². The summed E-state index contributed by atoms with van der Waals surface area (Å²) >= 11 is 0. The van der Waals surface area contributed by atoms with Crippen LogP contribution in [0.4, 0.5) is 4.79 Å². The van der Waals surface area contributed by atoms with Gasteiger partial charge >= 0.3 is 6.03 Å². The van der Waals surface area contributed by atoms with Gasteiger partial charge in [-0.3, -0.25) is 14.4 Å². The first-order valence-electron chi connectivity index (χ1n) is 11.6. The highest BCUT2D eigenvalue weighted by atomic mass is 16.3. The van der Waals surface area contributed by atoms with Crippen LogP contribution in [0.2, 0.25) is 0 Å². The molecule has 3 heterocycles. The minimum atomic E-state index is -1.27. The number of carbonyl (C=O) groups is 4. The third-order valence-electron chi connectivity index (χ3n) is 6.90. The van der Waals surface area contributed by atoms with Crippen molar-refractivity contribution in [2.75, 3.05) is 26.2 Å². The number of hydrogen-bond acceptors (Lipinski definition) is 5. The van der Waals surface area contributed by atoms with E-state index in [2.05, 4.69) is 5.32 Å². The lowest BCUT2D eigenvalue weighted by molar-refractivity contribution is -0.143.